The van der Waals surface area contributed by atoms with Gasteiger partial charge in [-0.05, 0) is 17.5 Å². The van der Waals surface area contributed by atoms with Crippen LogP contribution >= 0.6 is 0 Å². The molecule has 1 aromatic rings. The van der Waals surface area contributed by atoms with Gasteiger partial charge in [0.2, 0.25) is 5.91 Å². The van der Waals surface area contributed by atoms with Gasteiger partial charge in [0, 0.05) is 12.5 Å². The van der Waals surface area contributed by atoms with Crippen molar-refractivity contribution < 1.29 is 17.4 Å². The third-order valence-electron chi connectivity index (χ3n) is 3.93. The van der Waals surface area contributed by atoms with Crippen LogP contribution in [0.25, 0.3) is 0 Å². The van der Waals surface area contributed by atoms with E-state index in [4.69, 9.17) is 4.18 Å². The molecule has 2 unspecified atom stereocenters. The zero-order chi connectivity index (χ0) is 15.4. The molecule has 0 aromatic carbocycles. The first-order valence-corrected chi connectivity index (χ1v) is 8.50. The minimum atomic E-state index is -3.59. The maximum Gasteiger partial charge on any atom is 0.264 e. The van der Waals surface area contributed by atoms with Crippen molar-refractivity contribution in [2.24, 2.45) is 0 Å². The van der Waals surface area contributed by atoms with Gasteiger partial charge >= 0.3 is 0 Å². The molecule has 3 rings (SSSR count). The number of nitrogens with zero attached hydrogens (tertiary/aromatic N) is 2. The fourth-order valence-corrected chi connectivity index (χ4v) is 3.40. The Hall–Kier alpha value is -1.67. The summed E-state index contributed by atoms with van der Waals surface area (Å²) in [5.41, 5.74) is 0.691. The van der Waals surface area contributed by atoms with Crippen LogP contribution in [-0.4, -0.2) is 38.3 Å². The molecule has 2 aliphatic heterocycles. The summed E-state index contributed by atoms with van der Waals surface area (Å²) in [6.45, 7) is 2.07. The first-order valence-electron chi connectivity index (χ1n) is 6.68. The zero-order valence-corrected chi connectivity index (χ0v) is 12.6. The summed E-state index contributed by atoms with van der Waals surface area (Å²) >= 11 is 0. The minimum Gasteiger partial charge on any atom is -0.296 e. The molecular weight excluding hydrogens is 296 g/mol. The van der Waals surface area contributed by atoms with Crippen LogP contribution in [0.5, 0.6) is 0 Å². The Labute approximate surface area is 122 Å². The Morgan fingerprint density at radius 1 is 1.33 bits per heavy atom. The minimum absolute atomic E-state index is 0.0452. The molecule has 1 aromatic heterocycles. The highest BCUT2D eigenvalue weighted by Gasteiger charge is 2.40. The fourth-order valence-electron chi connectivity index (χ4n) is 2.99. The van der Waals surface area contributed by atoms with Crippen LogP contribution in [0.3, 0.4) is 0 Å². The molecule has 7 nitrogen and oxygen atoms in total. The van der Waals surface area contributed by atoms with Gasteiger partial charge in [0.05, 0.1) is 25.4 Å². The van der Waals surface area contributed by atoms with Crippen LogP contribution in [0, 0.1) is 0 Å². The van der Waals surface area contributed by atoms with Crippen molar-refractivity contribution in [1.29, 1.82) is 0 Å². The molecule has 0 N–H and O–H groups in total. The number of carbonyl (C=O) groups is 1. The number of hydrogen-bond donors (Lipinski definition) is 0. The lowest BCUT2D eigenvalue weighted by molar-refractivity contribution is -0.119. The largest absolute Gasteiger partial charge is 0.296 e. The van der Waals surface area contributed by atoms with Crippen LogP contribution in [0.4, 0.5) is 5.82 Å². The van der Waals surface area contributed by atoms with Crippen LogP contribution in [0.1, 0.15) is 30.9 Å². The lowest BCUT2D eigenvalue weighted by Gasteiger charge is -2.28. The number of pyridine rings is 1. The summed E-state index contributed by atoms with van der Waals surface area (Å²) in [4.78, 5) is 25.8. The van der Waals surface area contributed by atoms with Gasteiger partial charge in [-0.3, -0.25) is 23.2 Å². The molecule has 0 spiro atoms. The van der Waals surface area contributed by atoms with E-state index in [1.54, 1.807) is 11.0 Å². The molecule has 0 aliphatic carbocycles. The highest BCUT2D eigenvalue weighted by atomic mass is 32.2. The molecule has 2 aliphatic rings. The predicted molar refractivity (Wildman–Crippen MR) is 75.9 cm³/mol. The summed E-state index contributed by atoms with van der Waals surface area (Å²) in [5.74, 6) is 0.592. The van der Waals surface area contributed by atoms with Crippen molar-refractivity contribution >= 4 is 21.8 Å². The second-order valence-electron chi connectivity index (χ2n) is 5.57. The van der Waals surface area contributed by atoms with E-state index in [-0.39, 0.29) is 30.5 Å². The van der Waals surface area contributed by atoms with Gasteiger partial charge in [-0.2, -0.15) is 8.42 Å². The van der Waals surface area contributed by atoms with Gasteiger partial charge in [-0.15, -0.1) is 0 Å². The lowest BCUT2D eigenvalue weighted by Crippen LogP contribution is -2.35. The number of aromatic nitrogens is 1. The molecule has 0 saturated carbocycles. The number of anilines is 1. The normalized spacial score (nSPS) is 24.3. The Kier molecular flexibility index (Phi) is 3.18. The van der Waals surface area contributed by atoms with E-state index in [0.717, 1.165) is 11.8 Å². The maximum atomic E-state index is 12.1. The van der Waals surface area contributed by atoms with Gasteiger partial charge < -0.3 is 0 Å². The van der Waals surface area contributed by atoms with Crippen LogP contribution in [0.2, 0.25) is 0 Å². The van der Waals surface area contributed by atoms with Crippen LogP contribution in [-0.2, 0) is 19.1 Å². The maximum absolute atomic E-state index is 12.1. The van der Waals surface area contributed by atoms with Crippen molar-refractivity contribution in [3.63, 3.8) is 0 Å². The molecule has 0 saturated heterocycles. The number of carbonyl (C=O) groups excluding carboxylic acids is 1. The Morgan fingerprint density at radius 3 is 2.71 bits per heavy atom. The summed E-state index contributed by atoms with van der Waals surface area (Å²) < 4.78 is 28.6. The van der Waals surface area contributed by atoms with E-state index in [1.807, 2.05) is 6.92 Å². The molecule has 1 amide bonds. The lowest BCUT2D eigenvalue weighted by atomic mass is 9.94. The topological polar surface area (TPSA) is 85.7 Å². The van der Waals surface area contributed by atoms with Gasteiger partial charge in [0.15, 0.2) is 0 Å². The van der Waals surface area contributed by atoms with Crippen LogP contribution in [0.15, 0.2) is 16.9 Å². The Balaban J connectivity index is 2.06. The highest BCUT2D eigenvalue weighted by molar-refractivity contribution is 7.85. The summed E-state index contributed by atoms with van der Waals surface area (Å²) in [6, 6.07) is 2.73. The SMILES string of the molecule is CC1CC(=O)N2CC(COS(C)(=O)=O)n3c2c1ccc3=O. The molecule has 114 valence electrons. The van der Waals surface area contributed by atoms with Crippen molar-refractivity contribution in [2.75, 3.05) is 24.3 Å². The highest BCUT2D eigenvalue weighted by Crippen LogP contribution is 2.40. The van der Waals surface area contributed by atoms with E-state index < -0.39 is 16.2 Å². The van der Waals surface area contributed by atoms with Crippen molar-refractivity contribution in [1.82, 2.24) is 4.57 Å². The van der Waals surface area contributed by atoms with E-state index in [0.29, 0.717) is 12.2 Å². The second kappa shape index (κ2) is 4.67. The van der Waals surface area contributed by atoms with Crippen molar-refractivity contribution in [2.45, 2.75) is 25.3 Å². The molecule has 0 bridgehead atoms. The first-order chi connectivity index (χ1) is 9.78. The third-order valence-corrected chi connectivity index (χ3v) is 4.49. The average molecular weight is 312 g/mol. The van der Waals surface area contributed by atoms with E-state index in [1.165, 1.54) is 10.6 Å². The van der Waals surface area contributed by atoms with Crippen LogP contribution < -0.4 is 10.5 Å². The smallest absolute Gasteiger partial charge is 0.264 e. The number of amides is 1. The summed E-state index contributed by atoms with van der Waals surface area (Å²) in [7, 11) is -3.59. The average Bonchev–Trinajstić information content (AvgIpc) is 2.75. The number of rotatable bonds is 3. The molecule has 8 heteroatoms. The fraction of sp³-hybridized carbons (Fsp3) is 0.538. The standard InChI is InChI=1S/C13H16N2O5S/c1-8-5-12(17)14-6-9(7-20-21(2,18)19)15-11(16)4-3-10(8)13(14)15/h3-4,8-9H,5-7H2,1-2H3. The monoisotopic (exact) mass is 312 g/mol. The molecule has 3 heterocycles. The quantitative estimate of drug-likeness (QED) is 0.745. The summed E-state index contributed by atoms with van der Waals surface area (Å²) in [5, 5.41) is 0. The van der Waals surface area contributed by atoms with E-state index in [9.17, 15) is 18.0 Å². The van der Waals surface area contributed by atoms with Crippen molar-refractivity contribution in [3.05, 3.63) is 28.0 Å². The second-order valence-corrected chi connectivity index (χ2v) is 7.22. The van der Waals surface area contributed by atoms with E-state index >= 15 is 0 Å². The molecule has 0 radical (unpaired) electrons. The predicted octanol–water partition coefficient (Wildman–Crippen LogP) is 0.219. The number of hydrogen-bond acceptors (Lipinski definition) is 5. The van der Waals surface area contributed by atoms with E-state index in [2.05, 4.69) is 0 Å². The van der Waals surface area contributed by atoms with Gasteiger partial charge in [-0.25, -0.2) is 0 Å². The third kappa shape index (κ3) is 2.38. The van der Waals surface area contributed by atoms with Gasteiger partial charge in [0.25, 0.3) is 15.7 Å². The molecule has 0 fully saturated rings. The molecule has 21 heavy (non-hydrogen) atoms. The zero-order valence-electron chi connectivity index (χ0n) is 11.8. The molecule has 2 atom stereocenters. The first kappa shape index (κ1) is 14.3. The van der Waals surface area contributed by atoms with Gasteiger partial charge in [0.1, 0.15) is 5.82 Å². The Bertz CT molecular complexity index is 767. The van der Waals surface area contributed by atoms with Crippen molar-refractivity contribution in [3.8, 4) is 0 Å². The summed E-state index contributed by atoms with van der Waals surface area (Å²) in [6.07, 6.45) is 1.36. The Morgan fingerprint density at radius 2 is 2.05 bits per heavy atom. The molecular formula is C13H16N2O5S. The van der Waals surface area contributed by atoms with Gasteiger partial charge in [-0.1, -0.05) is 6.92 Å².